The summed E-state index contributed by atoms with van der Waals surface area (Å²) in [7, 11) is 2.20. The molecule has 0 fully saturated rings. The second-order valence-corrected chi connectivity index (χ2v) is 6.05. The lowest BCUT2D eigenvalue weighted by Gasteiger charge is -2.17. The monoisotopic (exact) mass is 452 g/mol. The third-order valence-corrected chi connectivity index (χ3v) is 3.99. The van der Waals surface area contributed by atoms with Crippen molar-refractivity contribution in [3.8, 4) is 11.5 Å². The van der Waals surface area contributed by atoms with Gasteiger partial charge in [0.05, 0.1) is 25.3 Å². The van der Waals surface area contributed by atoms with Crippen LogP contribution >= 0.6 is 0 Å². The maximum absolute atomic E-state index is 13.6. The van der Waals surface area contributed by atoms with Crippen LogP contribution in [0.4, 0.5) is 30.7 Å². The molecule has 0 radical (unpaired) electrons. The fraction of sp³-hybridized carbons (Fsp3) is 0.250. The Morgan fingerprint density at radius 2 is 1.61 bits per heavy atom. The SMILES string of the molecule is COC(=O)/C(F)=C/c1ccc(OCc2ccc(C(F)(F)F)cc2C(F)(F)F)c(OC)c1. The van der Waals surface area contributed by atoms with Gasteiger partial charge in [-0.25, -0.2) is 4.79 Å². The minimum Gasteiger partial charge on any atom is -0.493 e. The molecule has 4 nitrogen and oxygen atoms in total. The first-order valence-electron chi connectivity index (χ1n) is 8.40. The normalized spacial score (nSPS) is 12.5. The molecule has 0 saturated carbocycles. The highest BCUT2D eigenvalue weighted by Crippen LogP contribution is 2.38. The van der Waals surface area contributed by atoms with Crippen LogP contribution in [0.5, 0.6) is 11.5 Å². The number of methoxy groups -OCH3 is 2. The molecule has 31 heavy (non-hydrogen) atoms. The van der Waals surface area contributed by atoms with Gasteiger partial charge in [-0.05, 0) is 35.9 Å². The van der Waals surface area contributed by atoms with E-state index in [1.807, 2.05) is 0 Å². The van der Waals surface area contributed by atoms with Gasteiger partial charge < -0.3 is 14.2 Å². The Hall–Kier alpha value is -3.24. The molecule has 0 aromatic heterocycles. The summed E-state index contributed by atoms with van der Waals surface area (Å²) in [5.41, 5.74) is -3.29. The molecule has 168 valence electrons. The van der Waals surface area contributed by atoms with Crippen molar-refractivity contribution in [2.75, 3.05) is 14.2 Å². The first-order chi connectivity index (χ1) is 14.4. The van der Waals surface area contributed by atoms with Gasteiger partial charge in [0, 0.05) is 5.56 Å². The standard InChI is InChI=1S/C20H15F7O4/c1-29-17-8-11(7-15(21)18(28)30-2)3-6-16(17)31-10-12-4-5-13(19(22,23)24)9-14(12)20(25,26)27/h3-9H,10H2,1-2H3/b15-7-. The number of alkyl halides is 6. The molecular weight excluding hydrogens is 437 g/mol. The smallest absolute Gasteiger partial charge is 0.416 e. The molecule has 0 aliphatic rings. The summed E-state index contributed by atoms with van der Waals surface area (Å²) >= 11 is 0. The summed E-state index contributed by atoms with van der Waals surface area (Å²) in [6.07, 6.45) is -9.13. The Kier molecular flexibility index (Phi) is 7.19. The van der Waals surface area contributed by atoms with Gasteiger partial charge in [-0.1, -0.05) is 12.1 Å². The second kappa shape index (κ2) is 9.27. The maximum atomic E-state index is 13.6. The van der Waals surface area contributed by atoms with Crippen LogP contribution in [0.25, 0.3) is 6.08 Å². The van der Waals surface area contributed by atoms with Gasteiger partial charge in [-0.15, -0.1) is 0 Å². The van der Waals surface area contributed by atoms with Crippen molar-refractivity contribution in [3.63, 3.8) is 0 Å². The first kappa shape index (κ1) is 24.0. The van der Waals surface area contributed by atoms with Crippen LogP contribution in [0.15, 0.2) is 42.2 Å². The molecule has 0 bridgehead atoms. The zero-order chi connectivity index (χ0) is 23.4. The summed E-state index contributed by atoms with van der Waals surface area (Å²) in [6.45, 7) is -0.713. The van der Waals surface area contributed by atoms with E-state index in [9.17, 15) is 35.5 Å². The van der Waals surface area contributed by atoms with Gasteiger partial charge in [0.1, 0.15) is 6.61 Å². The maximum Gasteiger partial charge on any atom is 0.416 e. The number of hydrogen-bond acceptors (Lipinski definition) is 4. The molecule has 0 spiro atoms. The van der Waals surface area contributed by atoms with Gasteiger partial charge in [-0.2, -0.15) is 30.7 Å². The highest BCUT2D eigenvalue weighted by molar-refractivity contribution is 5.91. The van der Waals surface area contributed by atoms with Gasteiger partial charge in [0.25, 0.3) is 0 Å². The lowest BCUT2D eigenvalue weighted by molar-refractivity contribution is -0.143. The van der Waals surface area contributed by atoms with E-state index in [1.165, 1.54) is 25.3 Å². The van der Waals surface area contributed by atoms with Crippen molar-refractivity contribution >= 4 is 12.0 Å². The topological polar surface area (TPSA) is 44.8 Å². The van der Waals surface area contributed by atoms with Crippen LogP contribution in [0.3, 0.4) is 0 Å². The average Bonchev–Trinajstić information content (AvgIpc) is 2.70. The van der Waals surface area contributed by atoms with Gasteiger partial charge in [-0.3, -0.25) is 0 Å². The molecule has 0 heterocycles. The quantitative estimate of drug-likeness (QED) is 0.316. The van der Waals surface area contributed by atoms with E-state index in [2.05, 4.69) is 4.74 Å². The zero-order valence-electron chi connectivity index (χ0n) is 16.0. The minimum atomic E-state index is -5.04. The van der Waals surface area contributed by atoms with Crippen molar-refractivity contribution in [1.29, 1.82) is 0 Å². The van der Waals surface area contributed by atoms with Crippen LogP contribution < -0.4 is 9.47 Å². The summed E-state index contributed by atoms with van der Waals surface area (Å²) in [5, 5.41) is 0. The molecule has 0 saturated heterocycles. The van der Waals surface area contributed by atoms with Gasteiger partial charge in [0.2, 0.25) is 5.83 Å². The largest absolute Gasteiger partial charge is 0.493 e. The van der Waals surface area contributed by atoms with E-state index in [1.54, 1.807) is 0 Å². The van der Waals surface area contributed by atoms with Crippen molar-refractivity contribution in [2.24, 2.45) is 0 Å². The third-order valence-electron chi connectivity index (χ3n) is 3.99. The van der Waals surface area contributed by atoms with Crippen LogP contribution in [0, 0.1) is 0 Å². The number of halogens is 7. The van der Waals surface area contributed by atoms with Crippen LogP contribution in [-0.2, 0) is 28.5 Å². The predicted molar refractivity (Wildman–Crippen MR) is 94.9 cm³/mol. The predicted octanol–water partition coefficient (Wildman–Crippen LogP) is 5.80. The Balaban J connectivity index is 2.31. The molecule has 0 aliphatic heterocycles. The zero-order valence-corrected chi connectivity index (χ0v) is 16.0. The van der Waals surface area contributed by atoms with Crippen LogP contribution in [0.1, 0.15) is 22.3 Å². The molecule has 2 rings (SSSR count). The van der Waals surface area contributed by atoms with Crippen molar-refractivity contribution < 1.29 is 49.7 Å². The average molecular weight is 452 g/mol. The number of esters is 1. The highest BCUT2D eigenvalue weighted by atomic mass is 19.4. The van der Waals surface area contributed by atoms with E-state index in [0.717, 1.165) is 13.2 Å². The van der Waals surface area contributed by atoms with E-state index >= 15 is 0 Å². The lowest BCUT2D eigenvalue weighted by atomic mass is 10.0. The molecule has 0 amide bonds. The molecular formula is C20H15F7O4. The van der Waals surface area contributed by atoms with Crippen molar-refractivity contribution in [1.82, 2.24) is 0 Å². The Morgan fingerprint density at radius 3 is 2.16 bits per heavy atom. The minimum absolute atomic E-state index is 0.00751. The van der Waals surface area contributed by atoms with Crippen LogP contribution in [0.2, 0.25) is 0 Å². The molecule has 2 aromatic rings. The third kappa shape index (κ3) is 6.12. The molecule has 0 N–H and O–H groups in total. The van der Waals surface area contributed by atoms with Crippen molar-refractivity contribution in [2.45, 2.75) is 19.0 Å². The number of carbonyl (C=O) groups excluding carboxylic acids is 1. The molecule has 2 aromatic carbocycles. The number of ether oxygens (including phenoxy) is 3. The van der Waals surface area contributed by atoms with E-state index in [-0.39, 0.29) is 23.1 Å². The molecule has 0 aliphatic carbocycles. The summed E-state index contributed by atoms with van der Waals surface area (Å²) < 4.78 is 106. The Bertz CT molecular complexity index is 978. The Morgan fingerprint density at radius 1 is 0.935 bits per heavy atom. The first-order valence-corrected chi connectivity index (χ1v) is 8.40. The summed E-state index contributed by atoms with van der Waals surface area (Å²) in [6, 6.07) is 4.99. The van der Waals surface area contributed by atoms with Gasteiger partial charge in [0.15, 0.2) is 11.5 Å². The van der Waals surface area contributed by atoms with E-state index in [4.69, 9.17) is 9.47 Å². The second-order valence-electron chi connectivity index (χ2n) is 6.05. The van der Waals surface area contributed by atoms with Crippen LogP contribution in [-0.4, -0.2) is 20.2 Å². The molecule has 0 unspecified atom stereocenters. The summed E-state index contributed by atoms with van der Waals surface area (Å²) in [5.74, 6) is -2.46. The lowest BCUT2D eigenvalue weighted by Crippen LogP contribution is -2.14. The molecule has 0 atom stereocenters. The van der Waals surface area contributed by atoms with E-state index in [0.29, 0.717) is 12.1 Å². The molecule has 11 heteroatoms. The Labute approximate surface area is 171 Å². The van der Waals surface area contributed by atoms with E-state index < -0.39 is 47.4 Å². The highest BCUT2D eigenvalue weighted by Gasteiger charge is 2.38. The fourth-order valence-electron chi connectivity index (χ4n) is 2.49. The number of hydrogen-bond donors (Lipinski definition) is 0. The number of rotatable bonds is 6. The fourth-order valence-corrected chi connectivity index (χ4v) is 2.49. The number of benzene rings is 2. The summed E-state index contributed by atoms with van der Waals surface area (Å²) in [4.78, 5) is 11.1. The van der Waals surface area contributed by atoms with Crippen molar-refractivity contribution in [3.05, 3.63) is 64.5 Å². The van der Waals surface area contributed by atoms with Gasteiger partial charge >= 0.3 is 18.3 Å². The number of carbonyl (C=O) groups is 1.